The standard InChI is InChI=1S/C9H19N.C5H5N2O.3C4H9.Sn/c1-8(2)6-5-7-9(3,4)10-8;1-8-5-3-2-4-6-7-5;3*1-3-4-2;/h10H,5-7H2,1-4H3;2,4H,1H3;3*1,3-4H2,2H3;. The number of unbranched alkanes of at least 4 members (excludes halogenated alkanes) is 3. The molecule has 0 radical (unpaired) electrons. The molecule has 2 heterocycles. The number of hydrogen-bond donors (Lipinski definition) is 1. The summed E-state index contributed by atoms with van der Waals surface area (Å²) in [6.45, 7) is 16.1. The summed E-state index contributed by atoms with van der Waals surface area (Å²) in [6.07, 6.45) is 13.8. The van der Waals surface area contributed by atoms with Crippen LogP contribution in [0.4, 0.5) is 0 Å². The third-order valence-corrected chi connectivity index (χ3v) is 22.3. The predicted octanol–water partition coefficient (Wildman–Crippen LogP) is 6.86. The van der Waals surface area contributed by atoms with Gasteiger partial charge in [-0.1, -0.05) is 0 Å². The average Bonchev–Trinajstić information content (AvgIpc) is 2.72. The molecule has 0 amide bonds. The van der Waals surface area contributed by atoms with Crippen LogP contribution in [0, 0.1) is 0 Å². The molecule has 1 aromatic rings. The van der Waals surface area contributed by atoms with Crippen LogP contribution in [0.1, 0.15) is 106 Å². The van der Waals surface area contributed by atoms with Gasteiger partial charge in [-0.05, 0) is 47.0 Å². The molecule has 0 spiro atoms. The number of hydrogen-bond acceptors (Lipinski definition) is 4. The quantitative estimate of drug-likeness (QED) is 0.312. The summed E-state index contributed by atoms with van der Waals surface area (Å²) in [6, 6.07) is 2.23. The molecule has 31 heavy (non-hydrogen) atoms. The number of nitrogens with one attached hydrogen (secondary N) is 1. The Morgan fingerprint density at radius 1 is 0.903 bits per heavy atom. The monoisotopic (exact) mass is 541 g/mol. The van der Waals surface area contributed by atoms with Crippen molar-refractivity contribution in [1.82, 2.24) is 15.5 Å². The normalized spacial score (nSPS) is 17.5. The van der Waals surface area contributed by atoms with E-state index in [2.05, 4.69) is 70.0 Å². The van der Waals surface area contributed by atoms with Gasteiger partial charge in [0.15, 0.2) is 0 Å². The first kappa shape index (κ1) is 28.7. The van der Waals surface area contributed by atoms with Gasteiger partial charge in [-0.15, -0.1) is 0 Å². The predicted molar refractivity (Wildman–Crippen MR) is 138 cm³/mol. The first-order chi connectivity index (χ1) is 14.7. The fraction of sp³-hybridized carbons (Fsp3) is 0.846. The molecular weight excluding hydrogens is 489 g/mol. The zero-order chi connectivity index (χ0) is 23.4. The number of piperidine rings is 1. The molecule has 0 unspecified atom stereocenters. The molecule has 1 aromatic heterocycles. The molecule has 0 aromatic carbocycles. The maximum absolute atomic E-state index is 5.57. The summed E-state index contributed by atoms with van der Waals surface area (Å²) >= 11 is -2.42. The average molecular weight is 540 g/mol. The molecule has 0 bridgehead atoms. The van der Waals surface area contributed by atoms with Crippen LogP contribution in [-0.2, 0) is 0 Å². The Balaban J connectivity index is 0.000000399. The van der Waals surface area contributed by atoms with Crippen molar-refractivity contribution in [2.45, 2.75) is 131 Å². The Morgan fingerprint density at radius 3 is 1.74 bits per heavy atom. The van der Waals surface area contributed by atoms with E-state index in [0.29, 0.717) is 11.1 Å². The summed E-state index contributed by atoms with van der Waals surface area (Å²) in [5.41, 5.74) is 0.726. The molecule has 1 aliphatic heterocycles. The van der Waals surface area contributed by atoms with Gasteiger partial charge in [0.2, 0.25) is 0 Å². The van der Waals surface area contributed by atoms with Gasteiger partial charge < -0.3 is 5.32 Å². The second-order valence-electron chi connectivity index (χ2n) is 10.8. The maximum atomic E-state index is 5.57. The van der Waals surface area contributed by atoms with Crippen molar-refractivity contribution in [3.05, 3.63) is 12.3 Å². The van der Waals surface area contributed by atoms with E-state index in [0.717, 1.165) is 5.88 Å². The van der Waals surface area contributed by atoms with Crippen LogP contribution in [0.2, 0.25) is 13.3 Å². The van der Waals surface area contributed by atoms with E-state index >= 15 is 0 Å². The minimum absolute atomic E-state index is 0.363. The van der Waals surface area contributed by atoms with E-state index < -0.39 is 18.4 Å². The van der Waals surface area contributed by atoms with Crippen LogP contribution in [0.15, 0.2) is 12.3 Å². The van der Waals surface area contributed by atoms with Crippen LogP contribution in [0.5, 0.6) is 5.88 Å². The van der Waals surface area contributed by atoms with E-state index in [1.807, 2.05) is 6.20 Å². The second kappa shape index (κ2) is 14.0. The third-order valence-electron chi connectivity index (χ3n) is 6.76. The zero-order valence-electron chi connectivity index (χ0n) is 21.9. The summed E-state index contributed by atoms with van der Waals surface area (Å²) in [5, 5.41) is 11.9. The molecule has 180 valence electrons. The SMILES string of the molecule is CC1(C)CCCC(C)(C)N1.CCC[CH2][Sn]([CH2]CCC)([CH2]CCC)[c]1ccnnc1OC. The summed E-state index contributed by atoms with van der Waals surface area (Å²) in [5.74, 6) is 0.816. The summed E-state index contributed by atoms with van der Waals surface area (Å²) in [7, 11) is 1.74. The van der Waals surface area contributed by atoms with Crippen molar-refractivity contribution >= 4 is 22.0 Å². The minimum atomic E-state index is -2.42. The Labute approximate surface area is 197 Å². The fourth-order valence-corrected chi connectivity index (χ4v) is 21.4. The van der Waals surface area contributed by atoms with E-state index in [9.17, 15) is 0 Å². The Bertz CT molecular complexity index is 583. The molecular formula is C26H51N3OSn. The van der Waals surface area contributed by atoms with Crippen molar-refractivity contribution in [2.75, 3.05) is 7.11 Å². The second-order valence-corrected chi connectivity index (χ2v) is 23.9. The van der Waals surface area contributed by atoms with Crippen LogP contribution in [0.3, 0.4) is 0 Å². The summed E-state index contributed by atoms with van der Waals surface area (Å²) in [4.78, 5) is 0. The van der Waals surface area contributed by atoms with E-state index in [1.165, 1.54) is 74.7 Å². The molecule has 5 heteroatoms. The van der Waals surface area contributed by atoms with Gasteiger partial charge in [-0.25, -0.2) is 0 Å². The molecule has 1 saturated heterocycles. The molecule has 0 aliphatic carbocycles. The van der Waals surface area contributed by atoms with Crippen molar-refractivity contribution in [3.63, 3.8) is 0 Å². The molecule has 1 aliphatic rings. The molecule has 1 fully saturated rings. The number of methoxy groups -OCH3 is 1. The fourth-order valence-electron chi connectivity index (χ4n) is 5.21. The molecule has 0 saturated carbocycles. The van der Waals surface area contributed by atoms with E-state index in [-0.39, 0.29) is 0 Å². The van der Waals surface area contributed by atoms with Gasteiger partial charge in [0.25, 0.3) is 0 Å². The Hall–Kier alpha value is -0.361. The summed E-state index contributed by atoms with van der Waals surface area (Å²) < 4.78 is 11.4. The molecule has 0 atom stereocenters. The van der Waals surface area contributed by atoms with Crippen molar-refractivity contribution in [1.29, 1.82) is 0 Å². The Kier molecular flexibility index (Phi) is 13.0. The van der Waals surface area contributed by atoms with Gasteiger partial charge in [0, 0.05) is 11.1 Å². The van der Waals surface area contributed by atoms with Gasteiger partial charge in [0.05, 0.1) is 0 Å². The number of ether oxygens (including phenoxy) is 1. The van der Waals surface area contributed by atoms with Crippen LogP contribution >= 0.6 is 0 Å². The van der Waals surface area contributed by atoms with Crippen molar-refractivity contribution in [3.8, 4) is 5.88 Å². The first-order valence-electron chi connectivity index (χ1n) is 12.8. The zero-order valence-corrected chi connectivity index (χ0v) is 24.8. The number of nitrogens with zero attached hydrogens (tertiary/aromatic N) is 2. The Morgan fingerprint density at radius 2 is 1.39 bits per heavy atom. The molecule has 2 rings (SSSR count). The first-order valence-corrected chi connectivity index (χ1v) is 20.3. The topological polar surface area (TPSA) is 47.0 Å². The van der Waals surface area contributed by atoms with Crippen molar-refractivity contribution in [2.24, 2.45) is 0 Å². The van der Waals surface area contributed by atoms with E-state index in [4.69, 9.17) is 4.74 Å². The van der Waals surface area contributed by atoms with Gasteiger partial charge in [-0.2, -0.15) is 0 Å². The van der Waals surface area contributed by atoms with Gasteiger partial charge in [0.1, 0.15) is 0 Å². The number of aromatic nitrogens is 2. The molecule has 4 nitrogen and oxygen atoms in total. The molecule has 1 N–H and O–H groups in total. The van der Waals surface area contributed by atoms with Gasteiger partial charge >= 0.3 is 135 Å². The van der Waals surface area contributed by atoms with Crippen LogP contribution in [0.25, 0.3) is 0 Å². The number of rotatable bonds is 11. The van der Waals surface area contributed by atoms with Crippen LogP contribution < -0.4 is 13.6 Å². The van der Waals surface area contributed by atoms with Crippen LogP contribution in [-0.4, -0.2) is 46.8 Å². The van der Waals surface area contributed by atoms with E-state index in [1.54, 1.807) is 7.11 Å². The van der Waals surface area contributed by atoms with Crippen molar-refractivity contribution < 1.29 is 4.74 Å². The third kappa shape index (κ3) is 9.98. The van der Waals surface area contributed by atoms with Gasteiger partial charge in [-0.3, -0.25) is 0 Å².